The number of nitrogens with zero attached hydrogens (tertiary/aromatic N) is 1. The van der Waals surface area contributed by atoms with Gasteiger partial charge >= 0.3 is 0 Å². The Morgan fingerprint density at radius 1 is 1.42 bits per heavy atom. The van der Waals surface area contributed by atoms with Crippen LogP contribution in [0.5, 0.6) is 0 Å². The van der Waals surface area contributed by atoms with Crippen LogP contribution >= 0.6 is 0 Å². The SMILES string of the molecule is CCCCCCC(=O)Nc1cc(C#CCO)ccn1. The van der Waals surface area contributed by atoms with Gasteiger partial charge in [-0.3, -0.25) is 4.79 Å². The molecule has 0 aliphatic rings. The maximum atomic E-state index is 11.7. The van der Waals surface area contributed by atoms with Gasteiger partial charge in [-0.2, -0.15) is 0 Å². The number of pyridine rings is 1. The molecule has 19 heavy (non-hydrogen) atoms. The van der Waals surface area contributed by atoms with E-state index >= 15 is 0 Å². The Morgan fingerprint density at radius 3 is 3.00 bits per heavy atom. The number of carbonyl (C=O) groups is 1. The Morgan fingerprint density at radius 2 is 2.26 bits per heavy atom. The first-order chi connectivity index (χ1) is 9.26. The van der Waals surface area contributed by atoms with E-state index in [1.165, 1.54) is 0 Å². The third-order valence-corrected chi connectivity index (χ3v) is 2.60. The number of rotatable bonds is 6. The number of anilines is 1. The predicted octanol–water partition coefficient (Wildman–Crippen LogP) is 2.33. The van der Waals surface area contributed by atoms with Crippen LogP contribution in [0.3, 0.4) is 0 Å². The molecule has 1 amide bonds. The molecule has 0 aliphatic heterocycles. The molecule has 0 aromatic carbocycles. The first kappa shape index (κ1) is 15.2. The first-order valence-corrected chi connectivity index (χ1v) is 6.62. The molecule has 4 nitrogen and oxygen atoms in total. The summed E-state index contributed by atoms with van der Waals surface area (Å²) in [5.41, 5.74) is 0.727. The van der Waals surface area contributed by atoms with E-state index in [4.69, 9.17) is 5.11 Å². The minimum Gasteiger partial charge on any atom is -0.384 e. The molecule has 4 heteroatoms. The fourth-order valence-corrected chi connectivity index (χ4v) is 1.64. The van der Waals surface area contributed by atoms with Gasteiger partial charge in [-0.05, 0) is 18.6 Å². The lowest BCUT2D eigenvalue weighted by molar-refractivity contribution is -0.116. The zero-order chi connectivity index (χ0) is 13.9. The maximum absolute atomic E-state index is 11.7. The largest absolute Gasteiger partial charge is 0.384 e. The highest BCUT2D eigenvalue weighted by molar-refractivity contribution is 5.89. The van der Waals surface area contributed by atoms with E-state index in [9.17, 15) is 4.79 Å². The first-order valence-electron chi connectivity index (χ1n) is 6.62. The highest BCUT2D eigenvalue weighted by Crippen LogP contribution is 2.08. The molecule has 0 saturated carbocycles. The van der Waals surface area contributed by atoms with E-state index in [0.29, 0.717) is 12.2 Å². The van der Waals surface area contributed by atoms with Crippen molar-refractivity contribution in [3.05, 3.63) is 23.9 Å². The van der Waals surface area contributed by atoms with Gasteiger partial charge in [0.2, 0.25) is 5.91 Å². The Balaban J connectivity index is 2.45. The van der Waals surface area contributed by atoms with Gasteiger partial charge in [0.1, 0.15) is 12.4 Å². The van der Waals surface area contributed by atoms with Crippen molar-refractivity contribution in [3.63, 3.8) is 0 Å². The van der Waals surface area contributed by atoms with Gasteiger partial charge in [0, 0.05) is 18.2 Å². The van der Waals surface area contributed by atoms with Crippen LogP contribution in [0.25, 0.3) is 0 Å². The molecule has 2 N–H and O–H groups in total. The monoisotopic (exact) mass is 260 g/mol. The van der Waals surface area contributed by atoms with E-state index in [2.05, 4.69) is 29.1 Å². The average Bonchev–Trinajstić information content (AvgIpc) is 2.42. The molecule has 102 valence electrons. The van der Waals surface area contributed by atoms with Crippen LogP contribution < -0.4 is 5.32 Å². The molecule has 0 aliphatic carbocycles. The zero-order valence-electron chi connectivity index (χ0n) is 11.3. The van der Waals surface area contributed by atoms with E-state index in [1.807, 2.05) is 0 Å². The smallest absolute Gasteiger partial charge is 0.225 e. The minimum absolute atomic E-state index is 0.0177. The lowest BCUT2D eigenvalue weighted by atomic mass is 10.1. The van der Waals surface area contributed by atoms with E-state index in [0.717, 1.165) is 31.2 Å². The standard InChI is InChI=1S/C15H20N2O2/c1-2-3-4-5-8-15(19)17-14-12-13(7-6-11-18)9-10-16-14/h9-10,12,18H,2-5,8,11H2,1H3,(H,16,17,19). The number of carbonyl (C=O) groups excluding carboxylic acids is 1. The van der Waals surface area contributed by atoms with Crippen molar-refractivity contribution >= 4 is 11.7 Å². The van der Waals surface area contributed by atoms with E-state index in [-0.39, 0.29) is 12.5 Å². The van der Waals surface area contributed by atoms with Crippen LogP contribution in [0.4, 0.5) is 5.82 Å². The molecular formula is C15H20N2O2. The molecule has 0 saturated heterocycles. The molecule has 0 unspecified atom stereocenters. The molecule has 0 spiro atoms. The summed E-state index contributed by atoms with van der Waals surface area (Å²) in [6, 6.07) is 3.44. The highest BCUT2D eigenvalue weighted by Gasteiger charge is 2.03. The van der Waals surface area contributed by atoms with Crippen molar-refractivity contribution in [2.45, 2.75) is 39.0 Å². The molecule has 0 fully saturated rings. The molecule has 1 rings (SSSR count). The summed E-state index contributed by atoms with van der Waals surface area (Å²) < 4.78 is 0. The van der Waals surface area contributed by atoms with Gasteiger partial charge in [0.15, 0.2) is 0 Å². The summed E-state index contributed by atoms with van der Waals surface area (Å²) >= 11 is 0. The molecule has 1 aromatic heterocycles. The molecule has 1 heterocycles. The number of aliphatic hydroxyl groups excluding tert-OH is 1. The van der Waals surface area contributed by atoms with Crippen LogP contribution in [0.15, 0.2) is 18.3 Å². The van der Waals surface area contributed by atoms with Crippen molar-refractivity contribution in [2.24, 2.45) is 0 Å². The summed E-state index contributed by atoms with van der Waals surface area (Å²) in [5, 5.41) is 11.4. The fraction of sp³-hybridized carbons (Fsp3) is 0.467. The van der Waals surface area contributed by atoms with Crippen LogP contribution in [0.1, 0.15) is 44.6 Å². The average molecular weight is 260 g/mol. The van der Waals surface area contributed by atoms with Gasteiger partial charge in [-0.1, -0.05) is 38.0 Å². The summed E-state index contributed by atoms with van der Waals surface area (Å²) in [6.07, 6.45) is 6.43. The number of amides is 1. The quantitative estimate of drug-likeness (QED) is 0.609. The second kappa shape index (κ2) is 9.12. The third-order valence-electron chi connectivity index (χ3n) is 2.60. The lowest BCUT2D eigenvalue weighted by Crippen LogP contribution is -2.12. The van der Waals surface area contributed by atoms with E-state index < -0.39 is 0 Å². The van der Waals surface area contributed by atoms with Crippen molar-refractivity contribution in [1.29, 1.82) is 0 Å². The van der Waals surface area contributed by atoms with E-state index in [1.54, 1.807) is 18.3 Å². The Kier molecular flexibility index (Phi) is 7.30. The van der Waals surface area contributed by atoms with Gasteiger partial charge in [-0.25, -0.2) is 4.98 Å². The van der Waals surface area contributed by atoms with Gasteiger partial charge in [0.05, 0.1) is 0 Å². The Hall–Kier alpha value is -1.86. The molecule has 0 atom stereocenters. The Labute approximate surface area is 114 Å². The number of nitrogens with one attached hydrogen (secondary N) is 1. The van der Waals surface area contributed by atoms with Gasteiger partial charge < -0.3 is 10.4 Å². The summed E-state index contributed by atoms with van der Waals surface area (Å²) in [5.74, 6) is 5.82. The second-order valence-electron chi connectivity index (χ2n) is 4.25. The summed E-state index contributed by atoms with van der Waals surface area (Å²) in [7, 11) is 0. The maximum Gasteiger partial charge on any atom is 0.225 e. The van der Waals surface area contributed by atoms with Gasteiger partial charge in [-0.15, -0.1) is 0 Å². The summed E-state index contributed by atoms with van der Waals surface area (Å²) in [4.78, 5) is 15.7. The van der Waals surface area contributed by atoms with Crippen LogP contribution in [0.2, 0.25) is 0 Å². The summed E-state index contributed by atoms with van der Waals surface area (Å²) in [6.45, 7) is 1.96. The molecule has 1 aromatic rings. The van der Waals surface area contributed by atoms with Crippen molar-refractivity contribution in [1.82, 2.24) is 4.98 Å². The highest BCUT2D eigenvalue weighted by atomic mass is 16.2. The zero-order valence-corrected chi connectivity index (χ0v) is 11.3. The number of hydrogen-bond donors (Lipinski definition) is 2. The van der Waals surface area contributed by atoms with Crippen LogP contribution in [0, 0.1) is 11.8 Å². The molecule has 0 bridgehead atoms. The number of unbranched alkanes of at least 4 members (excludes halogenated alkanes) is 3. The molecular weight excluding hydrogens is 240 g/mol. The van der Waals surface area contributed by atoms with Crippen LogP contribution in [-0.4, -0.2) is 22.6 Å². The van der Waals surface area contributed by atoms with Crippen molar-refractivity contribution in [3.8, 4) is 11.8 Å². The normalized spacial score (nSPS) is 9.58. The number of hydrogen-bond acceptors (Lipinski definition) is 3. The second-order valence-corrected chi connectivity index (χ2v) is 4.25. The number of aromatic nitrogens is 1. The fourth-order valence-electron chi connectivity index (χ4n) is 1.64. The number of aliphatic hydroxyl groups is 1. The lowest BCUT2D eigenvalue weighted by Gasteiger charge is -2.04. The van der Waals surface area contributed by atoms with Crippen LogP contribution in [-0.2, 0) is 4.79 Å². The molecule has 0 radical (unpaired) electrons. The predicted molar refractivity (Wildman–Crippen MR) is 75.6 cm³/mol. The van der Waals surface area contributed by atoms with Gasteiger partial charge in [0.25, 0.3) is 0 Å². The van der Waals surface area contributed by atoms with Crippen molar-refractivity contribution in [2.75, 3.05) is 11.9 Å². The topological polar surface area (TPSA) is 62.2 Å². The van der Waals surface area contributed by atoms with Crippen molar-refractivity contribution < 1.29 is 9.90 Å². The minimum atomic E-state index is -0.179. The Bertz CT molecular complexity index is 461. The third kappa shape index (κ3) is 6.58.